The highest BCUT2D eigenvalue weighted by molar-refractivity contribution is 9.10. The van der Waals surface area contributed by atoms with Crippen molar-refractivity contribution in [3.8, 4) is 11.5 Å². The van der Waals surface area contributed by atoms with E-state index >= 15 is 0 Å². The van der Waals surface area contributed by atoms with Gasteiger partial charge in [-0.15, -0.1) is 0 Å². The minimum atomic E-state index is 0.719. The molecule has 0 radical (unpaired) electrons. The molecule has 0 aliphatic rings. The van der Waals surface area contributed by atoms with Crippen molar-refractivity contribution in [1.82, 2.24) is 10.4 Å². The summed E-state index contributed by atoms with van der Waals surface area (Å²) in [7, 11) is 7.17. The second kappa shape index (κ2) is 6.08. The number of nitrogens with one attached hydrogen (secondary N) is 1. The van der Waals surface area contributed by atoms with E-state index in [-0.39, 0.29) is 0 Å². The number of methoxy groups -OCH3 is 2. The van der Waals surface area contributed by atoms with Crippen LogP contribution >= 0.6 is 15.9 Å². The van der Waals surface area contributed by atoms with Gasteiger partial charge in [0.25, 0.3) is 0 Å². The smallest absolute Gasteiger partial charge is 0.174 e. The molecule has 1 aromatic carbocycles. The van der Waals surface area contributed by atoms with Crippen LogP contribution in [-0.4, -0.2) is 33.3 Å². The molecule has 0 unspecified atom stereocenters. The number of halogens is 1. The Morgan fingerprint density at radius 2 is 1.94 bits per heavy atom. The summed E-state index contributed by atoms with van der Waals surface area (Å²) in [5, 5.41) is 1.91. The first-order chi connectivity index (χ1) is 7.58. The van der Waals surface area contributed by atoms with Crippen molar-refractivity contribution in [2.45, 2.75) is 6.54 Å². The number of hydrazine groups is 1. The van der Waals surface area contributed by atoms with Gasteiger partial charge in [-0.05, 0) is 33.6 Å². The highest BCUT2D eigenvalue weighted by atomic mass is 79.9. The molecule has 0 aromatic heterocycles. The first-order valence-corrected chi connectivity index (χ1v) is 5.69. The summed E-state index contributed by atoms with van der Waals surface area (Å²) in [5.41, 5.74) is 4.32. The van der Waals surface area contributed by atoms with E-state index in [9.17, 15) is 0 Å². The molecule has 0 aliphatic heterocycles. The minimum Gasteiger partial charge on any atom is -0.493 e. The molecular weight excluding hydrogens is 272 g/mol. The summed E-state index contributed by atoms with van der Waals surface area (Å²) in [6.07, 6.45) is 0. The number of rotatable bonds is 5. The maximum atomic E-state index is 5.27. The Labute approximate surface area is 105 Å². The van der Waals surface area contributed by atoms with Gasteiger partial charge in [0, 0.05) is 20.6 Å². The van der Waals surface area contributed by atoms with Crippen LogP contribution in [0.5, 0.6) is 11.5 Å². The zero-order valence-electron chi connectivity index (χ0n) is 10.0. The van der Waals surface area contributed by atoms with Gasteiger partial charge in [-0.3, -0.25) is 10.4 Å². The topological polar surface area (TPSA) is 33.7 Å². The molecule has 0 spiro atoms. The van der Waals surface area contributed by atoms with Crippen LogP contribution in [0, 0.1) is 0 Å². The molecule has 4 nitrogen and oxygen atoms in total. The fourth-order valence-electron chi connectivity index (χ4n) is 1.32. The lowest BCUT2D eigenvalue weighted by Gasteiger charge is -2.15. The Morgan fingerprint density at radius 3 is 2.44 bits per heavy atom. The van der Waals surface area contributed by atoms with E-state index in [0.717, 1.165) is 28.1 Å². The van der Waals surface area contributed by atoms with Crippen LogP contribution in [0.25, 0.3) is 0 Å². The molecule has 0 amide bonds. The second-order valence-corrected chi connectivity index (χ2v) is 4.40. The minimum absolute atomic E-state index is 0.719. The van der Waals surface area contributed by atoms with Crippen molar-refractivity contribution in [2.75, 3.05) is 28.3 Å². The SMILES string of the molecule is COc1cc(CNN(C)C)cc(Br)c1OC. The predicted molar refractivity (Wildman–Crippen MR) is 67.8 cm³/mol. The molecule has 0 saturated carbocycles. The summed E-state index contributed by atoms with van der Waals surface area (Å²) in [5.74, 6) is 1.45. The molecule has 1 N–H and O–H groups in total. The predicted octanol–water partition coefficient (Wildman–Crippen LogP) is 2.03. The average Bonchev–Trinajstić information content (AvgIpc) is 2.25. The summed E-state index contributed by atoms with van der Waals surface area (Å²) in [6.45, 7) is 0.742. The normalized spacial score (nSPS) is 10.6. The fourth-order valence-corrected chi connectivity index (χ4v) is 1.97. The summed E-state index contributed by atoms with van der Waals surface area (Å²) in [4.78, 5) is 0. The molecule has 0 atom stereocenters. The molecule has 0 saturated heterocycles. The van der Waals surface area contributed by atoms with Crippen LogP contribution in [0.2, 0.25) is 0 Å². The highest BCUT2D eigenvalue weighted by Crippen LogP contribution is 2.36. The van der Waals surface area contributed by atoms with Gasteiger partial charge in [0.15, 0.2) is 11.5 Å². The van der Waals surface area contributed by atoms with Gasteiger partial charge < -0.3 is 9.47 Å². The molecule has 0 bridgehead atoms. The van der Waals surface area contributed by atoms with E-state index in [1.54, 1.807) is 14.2 Å². The van der Waals surface area contributed by atoms with Gasteiger partial charge >= 0.3 is 0 Å². The highest BCUT2D eigenvalue weighted by Gasteiger charge is 2.10. The van der Waals surface area contributed by atoms with Gasteiger partial charge in [0.05, 0.1) is 18.7 Å². The standard InChI is InChI=1S/C11H17BrN2O2/c1-14(2)13-7-8-5-9(12)11(16-4)10(6-8)15-3/h5-6,13H,7H2,1-4H3. The van der Waals surface area contributed by atoms with Gasteiger partial charge in [-0.25, -0.2) is 0 Å². The van der Waals surface area contributed by atoms with Crippen LogP contribution < -0.4 is 14.9 Å². The largest absolute Gasteiger partial charge is 0.493 e. The van der Waals surface area contributed by atoms with E-state index in [2.05, 4.69) is 21.4 Å². The zero-order chi connectivity index (χ0) is 12.1. The molecule has 90 valence electrons. The second-order valence-electron chi connectivity index (χ2n) is 3.54. The molecule has 5 heteroatoms. The zero-order valence-corrected chi connectivity index (χ0v) is 11.6. The Bertz CT molecular complexity index is 356. The Kier molecular flexibility index (Phi) is 5.05. The number of hydrogen-bond acceptors (Lipinski definition) is 4. The summed E-state index contributed by atoms with van der Waals surface area (Å²) >= 11 is 3.46. The molecule has 0 fully saturated rings. The van der Waals surface area contributed by atoms with Crippen molar-refractivity contribution in [3.05, 3.63) is 22.2 Å². The number of benzene rings is 1. The lowest BCUT2D eigenvalue weighted by atomic mass is 10.2. The summed E-state index contributed by atoms with van der Waals surface area (Å²) in [6, 6.07) is 3.97. The van der Waals surface area contributed by atoms with E-state index in [1.165, 1.54) is 0 Å². The van der Waals surface area contributed by atoms with Crippen molar-refractivity contribution in [2.24, 2.45) is 0 Å². The first-order valence-electron chi connectivity index (χ1n) is 4.89. The number of hydrogen-bond donors (Lipinski definition) is 1. The Hall–Kier alpha value is -0.780. The quantitative estimate of drug-likeness (QED) is 0.841. The van der Waals surface area contributed by atoms with Gasteiger partial charge in [0.2, 0.25) is 0 Å². The van der Waals surface area contributed by atoms with E-state index in [0.29, 0.717) is 0 Å². The third kappa shape index (κ3) is 3.37. The van der Waals surface area contributed by atoms with Crippen LogP contribution in [0.1, 0.15) is 5.56 Å². The van der Waals surface area contributed by atoms with Crippen molar-refractivity contribution < 1.29 is 9.47 Å². The molecule has 1 aromatic rings. The third-order valence-electron chi connectivity index (χ3n) is 2.09. The lowest BCUT2D eigenvalue weighted by Crippen LogP contribution is -2.29. The van der Waals surface area contributed by atoms with E-state index in [1.807, 2.05) is 31.2 Å². The van der Waals surface area contributed by atoms with Crippen molar-refractivity contribution in [1.29, 1.82) is 0 Å². The van der Waals surface area contributed by atoms with Crippen molar-refractivity contribution in [3.63, 3.8) is 0 Å². The molecule has 0 heterocycles. The maximum absolute atomic E-state index is 5.27. The van der Waals surface area contributed by atoms with E-state index < -0.39 is 0 Å². The van der Waals surface area contributed by atoms with Gasteiger partial charge in [-0.1, -0.05) is 0 Å². The lowest BCUT2D eigenvalue weighted by molar-refractivity contribution is 0.285. The number of nitrogens with zero attached hydrogens (tertiary/aromatic N) is 1. The number of ether oxygens (including phenoxy) is 2. The molecule has 1 rings (SSSR count). The third-order valence-corrected chi connectivity index (χ3v) is 2.68. The van der Waals surface area contributed by atoms with Crippen LogP contribution in [0.15, 0.2) is 16.6 Å². The van der Waals surface area contributed by atoms with Crippen LogP contribution in [0.4, 0.5) is 0 Å². The summed E-state index contributed by atoms with van der Waals surface area (Å²) < 4.78 is 11.4. The monoisotopic (exact) mass is 288 g/mol. The molecule has 16 heavy (non-hydrogen) atoms. The van der Waals surface area contributed by atoms with Crippen LogP contribution in [-0.2, 0) is 6.54 Å². The van der Waals surface area contributed by atoms with E-state index in [4.69, 9.17) is 9.47 Å². The molecule has 0 aliphatic carbocycles. The van der Waals surface area contributed by atoms with Crippen molar-refractivity contribution >= 4 is 15.9 Å². The molecular formula is C11H17BrN2O2. The average molecular weight is 289 g/mol. The Balaban J connectivity index is 2.92. The maximum Gasteiger partial charge on any atom is 0.174 e. The van der Waals surface area contributed by atoms with Crippen LogP contribution in [0.3, 0.4) is 0 Å². The van der Waals surface area contributed by atoms with Gasteiger partial charge in [-0.2, -0.15) is 0 Å². The van der Waals surface area contributed by atoms with Gasteiger partial charge in [0.1, 0.15) is 0 Å². The fraction of sp³-hybridized carbons (Fsp3) is 0.455. The first kappa shape index (κ1) is 13.3. The Morgan fingerprint density at radius 1 is 1.25 bits per heavy atom.